The van der Waals surface area contributed by atoms with E-state index in [2.05, 4.69) is 15.1 Å². The van der Waals surface area contributed by atoms with Crippen LogP contribution in [0.5, 0.6) is 0 Å². The number of hydrogen-bond donors (Lipinski definition) is 0. The zero-order valence-corrected chi connectivity index (χ0v) is 19.2. The molecule has 4 rings (SSSR count). The van der Waals surface area contributed by atoms with Gasteiger partial charge in [-0.15, -0.1) is 11.3 Å². The molecule has 10 heteroatoms. The third kappa shape index (κ3) is 5.20. The van der Waals surface area contributed by atoms with Gasteiger partial charge in [-0.1, -0.05) is 0 Å². The normalized spacial score (nSPS) is 17.0. The molecule has 9 nitrogen and oxygen atoms in total. The summed E-state index contributed by atoms with van der Waals surface area (Å²) >= 11 is 1.36. The Morgan fingerprint density at radius 1 is 1.22 bits per heavy atom. The van der Waals surface area contributed by atoms with Crippen LogP contribution in [0.15, 0.2) is 36.9 Å². The van der Waals surface area contributed by atoms with E-state index in [1.54, 1.807) is 33.1 Å². The fourth-order valence-corrected chi connectivity index (χ4v) is 4.62. The third-order valence-corrected chi connectivity index (χ3v) is 6.34. The molecule has 1 fully saturated rings. The van der Waals surface area contributed by atoms with Gasteiger partial charge >= 0.3 is 0 Å². The summed E-state index contributed by atoms with van der Waals surface area (Å²) in [5.41, 5.74) is 2.61. The quantitative estimate of drug-likeness (QED) is 0.565. The number of aromatic nitrogens is 4. The molecule has 0 radical (unpaired) electrons. The van der Waals surface area contributed by atoms with Gasteiger partial charge in [-0.3, -0.25) is 19.3 Å². The van der Waals surface area contributed by atoms with Crippen LogP contribution in [0.3, 0.4) is 0 Å². The minimum absolute atomic E-state index is 0.00456. The van der Waals surface area contributed by atoms with Gasteiger partial charge in [0, 0.05) is 50.8 Å². The lowest BCUT2D eigenvalue weighted by molar-refractivity contribution is -0.132. The second-order valence-electron chi connectivity index (χ2n) is 7.92. The Bertz CT molecular complexity index is 1100. The van der Waals surface area contributed by atoms with Crippen LogP contribution in [0, 0.1) is 13.8 Å². The lowest BCUT2D eigenvalue weighted by atomic mass is 10.2. The van der Waals surface area contributed by atoms with Crippen molar-refractivity contribution in [2.45, 2.75) is 33.1 Å². The number of rotatable bonds is 6. The number of carbonyl (C=O) groups excluding carboxylic acids is 2. The number of hydrogen-bond acceptors (Lipinski definition) is 7. The maximum Gasteiger partial charge on any atom is 0.266 e. The van der Waals surface area contributed by atoms with Crippen LogP contribution in [0.2, 0.25) is 0 Å². The van der Waals surface area contributed by atoms with Gasteiger partial charge in [0.2, 0.25) is 5.91 Å². The Hall–Kier alpha value is -3.11. The van der Waals surface area contributed by atoms with E-state index in [1.807, 2.05) is 39.2 Å². The van der Waals surface area contributed by atoms with E-state index < -0.39 is 0 Å². The summed E-state index contributed by atoms with van der Waals surface area (Å²) in [6, 6.07) is 3.78. The van der Waals surface area contributed by atoms with Crippen molar-refractivity contribution in [2.75, 3.05) is 19.6 Å². The fourth-order valence-electron chi connectivity index (χ4n) is 3.73. The molecule has 1 aliphatic heterocycles. The molecule has 0 aromatic carbocycles. The van der Waals surface area contributed by atoms with Crippen LogP contribution in [-0.4, -0.2) is 67.1 Å². The first-order chi connectivity index (χ1) is 15.4. The SMILES string of the molecule is Cc1nc(C)c(C(=O)N2CC(=O)N(Cc3cnn(C)c3)C[C@@H](OCc3ccncc3)C2)s1. The molecular weight excluding hydrogens is 428 g/mol. The molecule has 3 aromatic rings. The number of aryl methyl sites for hydroxylation is 3. The van der Waals surface area contributed by atoms with Crippen molar-refractivity contribution < 1.29 is 14.3 Å². The molecule has 3 aromatic heterocycles. The van der Waals surface area contributed by atoms with E-state index in [0.29, 0.717) is 36.8 Å². The molecule has 2 amide bonds. The van der Waals surface area contributed by atoms with Crippen molar-refractivity contribution in [1.82, 2.24) is 29.5 Å². The predicted molar refractivity (Wildman–Crippen MR) is 119 cm³/mol. The highest BCUT2D eigenvalue weighted by Gasteiger charge is 2.32. The maximum absolute atomic E-state index is 13.3. The Kier molecular flexibility index (Phi) is 6.61. The van der Waals surface area contributed by atoms with E-state index in [1.165, 1.54) is 11.3 Å². The van der Waals surface area contributed by atoms with Gasteiger partial charge in [-0.25, -0.2) is 4.98 Å². The summed E-state index contributed by atoms with van der Waals surface area (Å²) in [6.45, 7) is 5.22. The minimum Gasteiger partial charge on any atom is -0.370 e. The zero-order chi connectivity index (χ0) is 22.7. The zero-order valence-electron chi connectivity index (χ0n) is 18.4. The Morgan fingerprint density at radius 2 is 2.00 bits per heavy atom. The van der Waals surface area contributed by atoms with Gasteiger partial charge in [0.05, 0.1) is 29.6 Å². The van der Waals surface area contributed by atoms with Crippen LogP contribution in [0.1, 0.15) is 31.5 Å². The summed E-state index contributed by atoms with van der Waals surface area (Å²) in [7, 11) is 1.84. The second-order valence-corrected chi connectivity index (χ2v) is 9.12. The number of carbonyl (C=O) groups is 2. The van der Waals surface area contributed by atoms with Gasteiger partial charge in [-0.2, -0.15) is 5.10 Å². The van der Waals surface area contributed by atoms with Crippen molar-refractivity contribution >= 4 is 23.2 Å². The van der Waals surface area contributed by atoms with Crippen molar-refractivity contribution in [3.63, 3.8) is 0 Å². The molecule has 0 bridgehead atoms. The van der Waals surface area contributed by atoms with Crippen molar-refractivity contribution in [1.29, 1.82) is 0 Å². The van der Waals surface area contributed by atoms with Gasteiger partial charge in [-0.05, 0) is 31.5 Å². The summed E-state index contributed by atoms with van der Waals surface area (Å²) in [5, 5.41) is 5.02. The molecule has 1 aliphatic rings. The molecule has 0 N–H and O–H groups in total. The smallest absolute Gasteiger partial charge is 0.266 e. The topological polar surface area (TPSA) is 93.5 Å². The number of thiazole rings is 1. The van der Waals surface area contributed by atoms with Crippen LogP contribution < -0.4 is 0 Å². The van der Waals surface area contributed by atoms with Crippen LogP contribution in [0.4, 0.5) is 0 Å². The molecule has 32 heavy (non-hydrogen) atoms. The molecular formula is C22H26N6O3S. The first-order valence-electron chi connectivity index (χ1n) is 10.4. The fraction of sp³-hybridized carbons (Fsp3) is 0.409. The Labute approximate surface area is 190 Å². The van der Waals surface area contributed by atoms with Crippen molar-refractivity contribution in [2.24, 2.45) is 7.05 Å². The molecule has 1 atom stereocenters. The Balaban J connectivity index is 1.54. The monoisotopic (exact) mass is 454 g/mol. The number of nitrogens with zero attached hydrogens (tertiary/aromatic N) is 6. The molecule has 168 valence electrons. The minimum atomic E-state index is -0.329. The van der Waals surface area contributed by atoms with Crippen molar-refractivity contribution in [3.05, 3.63) is 63.6 Å². The molecule has 4 heterocycles. The standard InChI is InChI=1S/C22H26N6O3S/c1-15-21(32-16(2)25-15)22(30)28-12-19(31-14-17-4-6-23-7-5-17)11-27(20(29)13-28)10-18-8-24-26(3)9-18/h4-9,19H,10-14H2,1-3H3/t19-/m1/s1. The van der Waals surface area contributed by atoms with Gasteiger partial charge < -0.3 is 14.5 Å². The highest BCUT2D eigenvalue weighted by molar-refractivity contribution is 7.13. The third-order valence-electron chi connectivity index (χ3n) is 5.28. The number of pyridine rings is 1. The molecule has 0 unspecified atom stereocenters. The van der Waals surface area contributed by atoms with E-state index in [9.17, 15) is 9.59 Å². The highest BCUT2D eigenvalue weighted by Crippen LogP contribution is 2.22. The average Bonchev–Trinajstić information content (AvgIpc) is 3.29. The van der Waals surface area contributed by atoms with E-state index in [0.717, 1.165) is 16.1 Å². The van der Waals surface area contributed by atoms with Crippen molar-refractivity contribution in [3.8, 4) is 0 Å². The average molecular weight is 455 g/mol. The lowest BCUT2D eigenvalue weighted by Crippen LogP contribution is -2.39. The summed E-state index contributed by atoms with van der Waals surface area (Å²) in [6.07, 6.45) is 6.74. The highest BCUT2D eigenvalue weighted by atomic mass is 32.1. The van der Waals surface area contributed by atoms with Gasteiger partial charge in [0.1, 0.15) is 11.4 Å². The first-order valence-corrected chi connectivity index (χ1v) is 11.2. The molecule has 0 saturated carbocycles. The summed E-state index contributed by atoms with van der Waals surface area (Å²) < 4.78 is 7.88. The number of ether oxygens (including phenoxy) is 1. The summed E-state index contributed by atoms with van der Waals surface area (Å²) in [5.74, 6) is -0.293. The molecule has 0 spiro atoms. The van der Waals surface area contributed by atoms with Crippen LogP contribution in [0.25, 0.3) is 0 Å². The first kappa shape index (κ1) is 22.1. The predicted octanol–water partition coefficient (Wildman–Crippen LogP) is 1.96. The largest absolute Gasteiger partial charge is 0.370 e. The maximum atomic E-state index is 13.3. The summed E-state index contributed by atoms with van der Waals surface area (Å²) in [4.78, 5) is 38.7. The van der Waals surface area contributed by atoms with E-state index in [4.69, 9.17) is 4.74 Å². The van der Waals surface area contributed by atoms with Crippen LogP contribution in [-0.2, 0) is 29.7 Å². The number of amides is 2. The van der Waals surface area contributed by atoms with E-state index >= 15 is 0 Å². The Morgan fingerprint density at radius 3 is 2.66 bits per heavy atom. The molecule has 1 saturated heterocycles. The molecule has 0 aliphatic carbocycles. The van der Waals surface area contributed by atoms with Gasteiger partial charge in [0.15, 0.2) is 0 Å². The van der Waals surface area contributed by atoms with Crippen LogP contribution >= 0.6 is 11.3 Å². The second kappa shape index (κ2) is 9.58. The lowest BCUT2D eigenvalue weighted by Gasteiger charge is -2.24. The van der Waals surface area contributed by atoms with Gasteiger partial charge in [0.25, 0.3) is 5.91 Å². The van der Waals surface area contributed by atoms with E-state index in [-0.39, 0.29) is 24.5 Å².